The Morgan fingerprint density at radius 2 is 1.70 bits per heavy atom. The molecule has 4 aromatic carbocycles. The summed E-state index contributed by atoms with van der Waals surface area (Å²) in [5, 5.41) is 4.70. The lowest BCUT2D eigenvalue weighted by molar-refractivity contribution is -0.119. The van der Waals surface area contributed by atoms with Crippen LogP contribution in [0.2, 0.25) is 5.02 Å². The molecule has 0 heterocycles. The molecule has 0 fully saturated rings. The number of nitrogens with one attached hydrogen (secondary N) is 1. The molecular formula is C32H31BrClN3O5S. The Kier molecular flexibility index (Phi) is 10.8. The zero-order chi connectivity index (χ0) is 31.0. The molecule has 0 atom stereocenters. The molecule has 0 aliphatic heterocycles. The molecule has 1 N–H and O–H groups in total. The monoisotopic (exact) mass is 683 g/mol. The molecule has 4 aromatic rings. The number of hydrogen-bond donors (Lipinski definition) is 1. The first-order valence-corrected chi connectivity index (χ1v) is 15.9. The lowest BCUT2D eigenvalue weighted by Crippen LogP contribution is -2.39. The molecule has 4 rings (SSSR count). The smallest absolute Gasteiger partial charge is 0.264 e. The van der Waals surface area contributed by atoms with Crippen LogP contribution >= 0.6 is 27.5 Å². The number of sulfonamides is 1. The number of hydrogen-bond acceptors (Lipinski definition) is 6. The van der Waals surface area contributed by atoms with E-state index in [9.17, 15) is 13.2 Å². The molecule has 0 saturated heterocycles. The summed E-state index contributed by atoms with van der Waals surface area (Å²) in [6.45, 7) is 3.93. The Morgan fingerprint density at radius 3 is 2.33 bits per heavy atom. The summed E-state index contributed by atoms with van der Waals surface area (Å²) < 4.78 is 40.3. The van der Waals surface area contributed by atoms with Crippen molar-refractivity contribution in [1.29, 1.82) is 0 Å². The second-order valence-corrected chi connectivity index (χ2v) is 13.0. The van der Waals surface area contributed by atoms with Gasteiger partial charge in [-0.3, -0.25) is 9.10 Å². The number of carbonyl (C=O) groups is 1. The highest BCUT2D eigenvalue weighted by molar-refractivity contribution is 9.10. The van der Waals surface area contributed by atoms with Crippen LogP contribution < -0.4 is 19.2 Å². The third-order valence-corrected chi connectivity index (χ3v) is 9.05. The van der Waals surface area contributed by atoms with Gasteiger partial charge in [-0.25, -0.2) is 13.8 Å². The molecule has 1 amide bonds. The summed E-state index contributed by atoms with van der Waals surface area (Å²) in [6, 6.07) is 25.9. The standard InChI is InChI=1S/C32H31BrClN3O5S/c1-22(2)25-11-15-27(16-12-25)37(43(39,40)28-7-5-4-6-8-28)20-31(38)36-35-19-24-17-29(33)32(30(18-24)41-3)42-21-23-9-13-26(34)14-10-23/h4-19,22H,20-21H2,1-3H3,(H,36,38)/b35-19-. The maximum Gasteiger partial charge on any atom is 0.264 e. The fourth-order valence-corrected chi connectivity index (χ4v) is 6.24. The number of benzene rings is 4. The van der Waals surface area contributed by atoms with Gasteiger partial charge in [0.05, 0.1) is 28.4 Å². The minimum absolute atomic E-state index is 0.0783. The van der Waals surface area contributed by atoms with Crippen LogP contribution in [0.25, 0.3) is 0 Å². The predicted molar refractivity (Wildman–Crippen MR) is 174 cm³/mol. The van der Waals surface area contributed by atoms with Crippen molar-refractivity contribution < 1.29 is 22.7 Å². The number of carbonyl (C=O) groups excluding carboxylic acids is 1. The third-order valence-electron chi connectivity index (χ3n) is 6.42. The lowest BCUT2D eigenvalue weighted by atomic mass is 10.0. The van der Waals surface area contributed by atoms with Crippen molar-refractivity contribution in [1.82, 2.24) is 5.43 Å². The average molecular weight is 685 g/mol. The minimum atomic E-state index is -4.03. The molecular weight excluding hydrogens is 654 g/mol. The second kappa shape index (κ2) is 14.5. The first kappa shape index (κ1) is 32.1. The number of ether oxygens (including phenoxy) is 2. The molecule has 0 unspecified atom stereocenters. The van der Waals surface area contributed by atoms with Crippen molar-refractivity contribution in [3.05, 3.63) is 117 Å². The van der Waals surface area contributed by atoms with Crippen molar-refractivity contribution in [3.63, 3.8) is 0 Å². The first-order valence-electron chi connectivity index (χ1n) is 13.3. The van der Waals surface area contributed by atoms with E-state index >= 15 is 0 Å². The van der Waals surface area contributed by atoms with Crippen LogP contribution in [0.5, 0.6) is 11.5 Å². The van der Waals surface area contributed by atoms with Gasteiger partial charge in [-0.2, -0.15) is 5.10 Å². The van der Waals surface area contributed by atoms with Crippen molar-refractivity contribution in [2.75, 3.05) is 18.0 Å². The van der Waals surface area contributed by atoms with Crippen LogP contribution in [0, 0.1) is 0 Å². The Bertz CT molecular complexity index is 1680. The fraction of sp³-hybridized carbons (Fsp3) is 0.188. The summed E-state index contributed by atoms with van der Waals surface area (Å²) in [5.41, 5.74) is 5.41. The van der Waals surface area contributed by atoms with E-state index in [0.717, 1.165) is 15.4 Å². The third kappa shape index (κ3) is 8.37. The summed E-state index contributed by atoms with van der Waals surface area (Å²) in [4.78, 5) is 13.0. The average Bonchev–Trinajstić information content (AvgIpc) is 3.00. The molecule has 0 spiro atoms. The van der Waals surface area contributed by atoms with Crippen molar-refractivity contribution in [3.8, 4) is 11.5 Å². The zero-order valence-electron chi connectivity index (χ0n) is 23.8. The Hall–Kier alpha value is -3.86. The number of amides is 1. The Balaban J connectivity index is 1.49. The van der Waals surface area contributed by atoms with Crippen LogP contribution in [0.3, 0.4) is 0 Å². The maximum absolute atomic E-state index is 13.6. The van der Waals surface area contributed by atoms with E-state index in [4.69, 9.17) is 21.1 Å². The molecule has 224 valence electrons. The number of hydrazone groups is 1. The first-order chi connectivity index (χ1) is 20.6. The molecule has 0 aromatic heterocycles. The molecule has 0 bridgehead atoms. The van der Waals surface area contributed by atoms with E-state index in [1.54, 1.807) is 54.6 Å². The van der Waals surface area contributed by atoms with Crippen LogP contribution in [0.4, 0.5) is 5.69 Å². The number of methoxy groups -OCH3 is 1. The molecule has 43 heavy (non-hydrogen) atoms. The van der Waals surface area contributed by atoms with Gasteiger partial charge < -0.3 is 9.47 Å². The topological polar surface area (TPSA) is 97.3 Å². The highest BCUT2D eigenvalue weighted by Gasteiger charge is 2.27. The molecule has 0 radical (unpaired) electrons. The van der Waals surface area contributed by atoms with E-state index in [1.165, 1.54) is 25.5 Å². The van der Waals surface area contributed by atoms with Gasteiger partial charge in [0.2, 0.25) is 0 Å². The van der Waals surface area contributed by atoms with Crippen molar-refractivity contribution in [2.45, 2.75) is 31.3 Å². The van der Waals surface area contributed by atoms with Crippen LogP contribution in [-0.2, 0) is 21.4 Å². The largest absolute Gasteiger partial charge is 0.493 e. The van der Waals surface area contributed by atoms with Gasteiger partial charge in [-0.1, -0.05) is 67.9 Å². The van der Waals surface area contributed by atoms with Crippen LogP contribution in [0.1, 0.15) is 36.5 Å². The predicted octanol–water partition coefficient (Wildman–Crippen LogP) is 7.16. The van der Waals surface area contributed by atoms with E-state index in [2.05, 4.69) is 40.3 Å². The zero-order valence-corrected chi connectivity index (χ0v) is 27.0. The van der Waals surface area contributed by atoms with Crippen molar-refractivity contribution >= 4 is 55.4 Å². The Labute approximate surface area is 265 Å². The normalized spacial score (nSPS) is 11.5. The Morgan fingerprint density at radius 1 is 1.02 bits per heavy atom. The summed E-state index contributed by atoms with van der Waals surface area (Å²) >= 11 is 9.47. The van der Waals surface area contributed by atoms with Gasteiger partial charge in [-0.15, -0.1) is 0 Å². The molecule has 0 aliphatic rings. The molecule has 8 nitrogen and oxygen atoms in total. The molecule has 0 aliphatic carbocycles. The van der Waals surface area contributed by atoms with Gasteiger partial charge in [0.15, 0.2) is 11.5 Å². The highest BCUT2D eigenvalue weighted by atomic mass is 79.9. The van der Waals surface area contributed by atoms with Gasteiger partial charge in [-0.05, 0) is 87.1 Å². The number of anilines is 1. The van der Waals surface area contributed by atoms with Crippen molar-refractivity contribution in [2.24, 2.45) is 5.10 Å². The number of nitrogens with zero attached hydrogens (tertiary/aromatic N) is 2. The number of halogens is 2. The second-order valence-electron chi connectivity index (χ2n) is 9.81. The van der Waals surface area contributed by atoms with E-state index in [0.29, 0.717) is 38.9 Å². The number of rotatable bonds is 12. The SMILES string of the molecule is COc1cc(/C=N\NC(=O)CN(c2ccc(C(C)C)cc2)S(=O)(=O)c2ccccc2)cc(Br)c1OCc1ccc(Cl)cc1. The van der Waals surface area contributed by atoms with E-state index in [1.807, 2.05) is 24.3 Å². The highest BCUT2D eigenvalue weighted by Crippen LogP contribution is 2.37. The maximum atomic E-state index is 13.6. The lowest BCUT2D eigenvalue weighted by Gasteiger charge is -2.24. The van der Waals surface area contributed by atoms with Gasteiger partial charge >= 0.3 is 0 Å². The minimum Gasteiger partial charge on any atom is -0.493 e. The van der Waals surface area contributed by atoms with Gasteiger partial charge in [0.25, 0.3) is 15.9 Å². The van der Waals surface area contributed by atoms with Crippen LogP contribution in [-0.4, -0.2) is 34.2 Å². The molecule has 11 heteroatoms. The molecule has 0 saturated carbocycles. The summed E-state index contributed by atoms with van der Waals surface area (Å²) in [5.74, 6) is 0.622. The summed E-state index contributed by atoms with van der Waals surface area (Å²) in [6.07, 6.45) is 1.43. The fourth-order valence-electron chi connectivity index (χ4n) is 4.10. The summed E-state index contributed by atoms with van der Waals surface area (Å²) in [7, 11) is -2.51. The van der Waals surface area contributed by atoms with E-state index < -0.39 is 22.5 Å². The van der Waals surface area contributed by atoms with E-state index in [-0.39, 0.29) is 10.8 Å². The van der Waals surface area contributed by atoms with Crippen LogP contribution in [0.15, 0.2) is 105 Å². The van der Waals surface area contributed by atoms with Gasteiger partial charge in [0.1, 0.15) is 13.2 Å². The quantitative estimate of drug-likeness (QED) is 0.126. The van der Waals surface area contributed by atoms with Gasteiger partial charge in [0, 0.05) is 5.02 Å².